The summed E-state index contributed by atoms with van der Waals surface area (Å²) in [6, 6.07) is 7.18. The van der Waals surface area contributed by atoms with Crippen molar-refractivity contribution in [2.24, 2.45) is 12.5 Å². The van der Waals surface area contributed by atoms with Gasteiger partial charge < -0.3 is 19.6 Å². The number of benzene rings is 1. The minimum absolute atomic E-state index is 0.0192. The number of likely N-dealkylation sites (tertiary alicyclic amines) is 1. The minimum atomic E-state index is -0.0192. The Morgan fingerprint density at radius 1 is 1.15 bits per heavy atom. The van der Waals surface area contributed by atoms with Crippen LogP contribution >= 0.6 is 0 Å². The molecule has 2 aromatic heterocycles. The molecule has 6 rings (SSSR count). The van der Waals surface area contributed by atoms with Crippen LogP contribution in [0.3, 0.4) is 0 Å². The largest absolute Gasteiger partial charge is 0.355 e. The molecule has 3 aliphatic heterocycles. The number of hydrogen-bond donors (Lipinski definition) is 0. The van der Waals surface area contributed by atoms with Crippen LogP contribution in [0.1, 0.15) is 30.4 Å². The van der Waals surface area contributed by atoms with E-state index < -0.39 is 0 Å². The fourth-order valence-corrected chi connectivity index (χ4v) is 6.76. The van der Waals surface area contributed by atoms with Gasteiger partial charge in [0.1, 0.15) is 11.6 Å². The molecule has 5 heterocycles. The molecule has 0 unspecified atom stereocenters. The van der Waals surface area contributed by atoms with Gasteiger partial charge in [-0.2, -0.15) is 15.3 Å². The number of carbonyl (C=O) groups is 1. The third-order valence-corrected chi connectivity index (χ3v) is 9.09. The second-order valence-corrected chi connectivity index (χ2v) is 11.9. The van der Waals surface area contributed by atoms with E-state index in [1.165, 1.54) is 6.08 Å². The highest BCUT2D eigenvalue weighted by atomic mass is 16.2. The van der Waals surface area contributed by atoms with E-state index in [0.717, 1.165) is 67.5 Å². The summed E-state index contributed by atoms with van der Waals surface area (Å²) in [7, 11) is 6.21. The molecule has 0 bridgehead atoms. The fraction of sp³-hybridized carbons (Fsp3) is 0.500. The van der Waals surface area contributed by atoms with Crippen molar-refractivity contribution in [2.75, 3.05) is 63.2 Å². The molecule has 0 radical (unpaired) electrons. The van der Waals surface area contributed by atoms with Crippen molar-refractivity contribution in [2.45, 2.75) is 32.2 Å². The molecule has 1 amide bonds. The second-order valence-electron chi connectivity index (χ2n) is 11.9. The summed E-state index contributed by atoms with van der Waals surface area (Å²) in [6.45, 7) is 10.4. The van der Waals surface area contributed by atoms with E-state index in [4.69, 9.17) is 9.97 Å². The van der Waals surface area contributed by atoms with Crippen molar-refractivity contribution in [1.82, 2.24) is 29.5 Å². The van der Waals surface area contributed by atoms with E-state index in [2.05, 4.69) is 65.6 Å². The van der Waals surface area contributed by atoms with Crippen molar-refractivity contribution < 1.29 is 4.79 Å². The first kappa shape index (κ1) is 26.3. The number of aryl methyl sites for hydroxylation is 2. The molecule has 10 heteroatoms. The molecule has 3 fully saturated rings. The van der Waals surface area contributed by atoms with E-state index in [0.29, 0.717) is 42.2 Å². The number of nitriles is 1. The molecule has 208 valence electrons. The third kappa shape index (κ3) is 4.29. The Balaban J connectivity index is 1.44. The predicted octanol–water partition coefficient (Wildman–Crippen LogP) is 2.97. The van der Waals surface area contributed by atoms with Crippen LogP contribution < -0.4 is 9.80 Å². The normalized spacial score (nSPS) is 18.9. The molecule has 0 saturated carbocycles. The Bertz CT molecular complexity index is 1520. The number of aromatic nitrogens is 4. The monoisotopic (exact) mass is 539 g/mol. The Morgan fingerprint density at radius 2 is 1.90 bits per heavy atom. The molecule has 1 aromatic carbocycles. The van der Waals surface area contributed by atoms with Crippen molar-refractivity contribution in [3.63, 3.8) is 0 Å². The first-order chi connectivity index (χ1) is 19.2. The van der Waals surface area contributed by atoms with Gasteiger partial charge >= 0.3 is 0 Å². The molecule has 3 aliphatic rings. The zero-order valence-electron chi connectivity index (χ0n) is 23.9. The lowest BCUT2D eigenvalue weighted by molar-refractivity contribution is -0.136. The molecule has 0 N–H and O–H groups in total. The molecular weight excluding hydrogens is 502 g/mol. The molecule has 0 aliphatic carbocycles. The van der Waals surface area contributed by atoms with Crippen molar-refractivity contribution in [3.05, 3.63) is 42.1 Å². The maximum absolute atomic E-state index is 12.1. The summed E-state index contributed by atoms with van der Waals surface area (Å²) in [5, 5.41) is 16.1. The van der Waals surface area contributed by atoms with Gasteiger partial charge in [-0.1, -0.05) is 18.7 Å². The van der Waals surface area contributed by atoms with Gasteiger partial charge in [-0.15, -0.1) is 0 Å². The molecule has 3 aromatic rings. The van der Waals surface area contributed by atoms with Gasteiger partial charge in [0.25, 0.3) is 0 Å². The van der Waals surface area contributed by atoms with Crippen molar-refractivity contribution >= 4 is 28.6 Å². The molecule has 40 heavy (non-hydrogen) atoms. The Labute approximate surface area is 235 Å². The Kier molecular flexibility index (Phi) is 6.50. The molecular formula is C30H37N9O. The summed E-state index contributed by atoms with van der Waals surface area (Å²) >= 11 is 0. The SMILES string of the molecule is C=CC(=O)N1CC2(CCN(c3nc(N4CCC(N(C)C)CC4)nc(-c4c(C)ccc5cnn(C)c45)c3C#N)C2)C1. The highest BCUT2D eigenvalue weighted by Gasteiger charge is 2.49. The first-order valence-electron chi connectivity index (χ1n) is 14.0. The van der Waals surface area contributed by atoms with E-state index in [1.807, 2.05) is 22.8 Å². The highest BCUT2D eigenvalue weighted by molar-refractivity contribution is 5.97. The Morgan fingerprint density at radius 3 is 2.58 bits per heavy atom. The number of nitrogens with zero attached hydrogens (tertiary/aromatic N) is 9. The van der Waals surface area contributed by atoms with E-state index in [9.17, 15) is 10.1 Å². The standard InChI is InChI=1S/C30H37N9O/c1-6-24(40)39-18-30(19-39)11-14-38(17-30)28-23(15-31)26(25-20(2)7-8-21-16-32-36(5)27(21)25)33-29(34-28)37-12-9-22(10-13-37)35(3)4/h6-8,16,22H,1,9-14,17-19H2,2-5H3. The molecule has 0 atom stereocenters. The van der Waals surface area contributed by atoms with Crippen molar-refractivity contribution in [1.29, 1.82) is 5.26 Å². The highest BCUT2D eigenvalue weighted by Crippen LogP contribution is 2.43. The van der Waals surface area contributed by atoms with E-state index in [1.54, 1.807) is 0 Å². The minimum Gasteiger partial charge on any atom is -0.355 e. The van der Waals surface area contributed by atoms with Gasteiger partial charge in [0.2, 0.25) is 11.9 Å². The Hall–Kier alpha value is -3.97. The van der Waals surface area contributed by atoms with Gasteiger partial charge in [0, 0.05) is 68.7 Å². The van der Waals surface area contributed by atoms with Crippen LogP contribution in [-0.4, -0.2) is 94.9 Å². The lowest BCUT2D eigenvalue weighted by Gasteiger charge is -2.47. The van der Waals surface area contributed by atoms with E-state index in [-0.39, 0.29) is 11.3 Å². The molecule has 3 saturated heterocycles. The summed E-state index contributed by atoms with van der Waals surface area (Å²) in [6.07, 6.45) is 6.28. The number of piperidine rings is 1. The van der Waals surface area contributed by atoms with Crippen LogP contribution in [0.2, 0.25) is 0 Å². The lowest BCUT2D eigenvalue weighted by Crippen LogP contribution is -2.59. The summed E-state index contributed by atoms with van der Waals surface area (Å²) in [4.78, 5) is 31.0. The quantitative estimate of drug-likeness (QED) is 0.457. The number of anilines is 2. The number of hydrogen-bond acceptors (Lipinski definition) is 8. The zero-order chi connectivity index (χ0) is 28.2. The third-order valence-electron chi connectivity index (χ3n) is 9.09. The lowest BCUT2D eigenvalue weighted by atomic mass is 9.79. The average molecular weight is 540 g/mol. The smallest absolute Gasteiger partial charge is 0.245 e. The van der Waals surface area contributed by atoms with Gasteiger partial charge in [-0.25, -0.2) is 4.98 Å². The first-order valence-corrected chi connectivity index (χ1v) is 14.0. The van der Waals surface area contributed by atoms with Crippen molar-refractivity contribution in [3.8, 4) is 17.3 Å². The van der Waals surface area contributed by atoms with E-state index >= 15 is 0 Å². The number of amides is 1. The van der Waals surface area contributed by atoms with Crippen LogP contribution in [0.25, 0.3) is 22.2 Å². The van der Waals surface area contributed by atoms with Gasteiger partial charge in [0.05, 0.1) is 17.4 Å². The van der Waals surface area contributed by atoms with Crippen LogP contribution in [0.15, 0.2) is 31.0 Å². The topological polar surface area (TPSA) is 97.4 Å². The maximum Gasteiger partial charge on any atom is 0.245 e. The summed E-state index contributed by atoms with van der Waals surface area (Å²) in [5.74, 6) is 1.35. The average Bonchev–Trinajstić information content (AvgIpc) is 3.56. The van der Waals surface area contributed by atoms with Crippen LogP contribution in [0.5, 0.6) is 0 Å². The second kappa shape index (κ2) is 9.89. The summed E-state index contributed by atoms with van der Waals surface area (Å²) < 4.78 is 1.87. The van der Waals surface area contributed by atoms with Crippen LogP contribution in [0, 0.1) is 23.7 Å². The van der Waals surface area contributed by atoms with Crippen LogP contribution in [-0.2, 0) is 11.8 Å². The fourth-order valence-electron chi connectivity index (χ4n) is 6.76. The van der Waals surface area contributed by atoms with Gasteiger partial charge in [-0.3, -0.25) is 9.48 Å². The number of carbonyl (C=O) groups excluding carboxylic acids is 1. The van der Waals surface area contributed by atoms with Crippen LogP contribution in [0.4, 0.5) is 11.8 Å². The predicted molar refractivity (Wildman–Crippen MR) is 156 cm³/mol. The number of rotatable bonds is 5. The van der Waals surface area contributed by atoms with Gasteiger partial charge in [0.15, 0.2) is 5.82 Å². The molecule has 1 spiro atoms. The molecule has 10 nitrogen and oxygen atoms in total. The zero-order valence-corrected chi connectivity index (χ0v) is 23.9. The van der Waals surface area contributed by atoms with Gasteiger partial charge in [-0.05, 0) is 51.9 Å². The number of fused-ring (bicyclic) bond motifs is 1. The summed E-state index contributed by atoms with van der Waals surface area (Å²) in [5.41, 5.74) is 4.14. The maximum atomic E-state index is 12.1.